The second-order valence-electron chi connectivity index (χ2n) is 5.99. The van der Waals surface area contributed by atoms with Crippen molar-refractivity contribution in [2.45, 2.75) is 23.3 Å². The number of methoxy groups -OCH3 is 1. The SMILES string of the molecule is COc1ccc(NC(=O)C2(N)CC2)cc1S(=O)(=O)N1CCOCC1.Cl. The highest BCUT2D eigenvalue weighted by molar-refractivity contribution is 7.89. The molecule has 0 spiro atoms. The number of nitrogens with zero attached hydrogens (tertiary/aromatic N) is 1. The van der Waals surface area contributed by atoms with Crippen LogP contribution in [0, 0.1) is 0 Å². The average molecular weight is 392 g/mol. The van der Waals surface area contributed by atoms with E-state index in [-0.39, 0.29) is 42.0 Å². The zero-order valence-corrected chi connectivity index (χ0v) is 15.5. The van der Waals surface area contributed by atoms with Crippen LogP contribution in [0.1, 0.15) is 12.8 Å². The minimum atomic E-state index is -3.74. The molecule has 2 aliphatic rings. The summed E-state index contributed by atoms with van der Waals surface area (Å²) in [5.41, 5.74) is 5.41. The standard InChI is InChI=1S/C15H21N3O5S.ClH/c1-22-12-3-2-11(17-14(19)15(16)4-5-15)10-13(12)24(20,21)18-6-8-23-9-7-18;/h2-3,10H,4-9,16H2,1H3,(H,17,19);1H. The van der Waals surface area contributed by atoms with Gasteiger partial charge in [-0.05, 0) is 31.0 Å². The molecule has 8 nitrogen and oxygen atoms in total. The number of rotatable bonds is 5. The van der Waals surface area contributed by atoms with Gasteiger partial charge >= 0.3 is 0 Å². The van der Waals surface area contributed by atoms with E-state index in [0.717, 1.165) is 0 Å². The van der Waals surface area contributed by atoms with Crippen LogP contribution in [0.4, 0.5) is 5.69 Å². The van der Waals surface area contributed by atoms with Crippen LogP contribution in [0.2, 0.25) is 0 Å². The van der Waals surface area contributed by atoms with Gasteiger partial charge in [-0.15, -0.1) is 12.4 Å². The van der Waals surface area contributed by atoms with Crippen molar-refractivity contribution in [1.82, 2.24) is 4.31 Å². The largest absolute Gasteiger partial charge is 0.495 e. The van der Waals surface area contributed by atoms with Crippen molar-refractivity contribution in [2.24, 2.45) is 5.73 Å². The Labute approximate surface area is 153 Å². The van der Waals surface area contributed by atoms with Crippen LogP contribution in [0.15, 0.2) is 23.1 Å². The molecule has 0 radical (unpaired) electrons. The second-order valence-corrected chi connectivity index (χ2v) is 7.90. The molecule has 1 aliphatic heterocycles. The van der Waals surface area contributed by atoms with Gasteiger partial charge in [-0.25, -0.2) is 8.42 Å². The molecule has 1 saturated heterocycles. The lowest BCUT2D eigenvalue weighted by atomic mass is 10.2. The predicted octanol–water partition coefficient (Wildman–Crippen LogP) is 0.568. The van der Waals surface area contributed by atoms with Crippen LogP contribution in [0.3, 0.4) is 0 Å². The lowest BCUT2D eigenvalue weighted by molar-refractivity contribution is -0.118. The summed E-state index contributed by atoms with van der Waals surface area (Å²) < 4.78 is 37.5. The molecule has 3 rings (SSSR count). The maximum absolute atomic E-state index is 12.9. The number of sulfonamides is 1. The minimum Gasteiger partial charge on any atom is -0.495 e. The van der Waals surface area contributed by atoms with Crippen molar-refractivity contribution < 1.29 is 22.7 Å². The monoisotopic (exact) mass is 391 g/mol. The highest BCUT2D eigenvalue weighted by Crippen LogP contribution is 2.35. The van der Waals surface area contributed by atoms with Crippen LogP contribution in [0.5, 0.6) is 5.75 Å². The first-order valence-electron chi connectivity index (χ1n) is 7.73. The molecule has 1 aromatic rings. The van der Waals surface area contributed by atoms with Crippen molar-refractivity contribution in [3.8, 4) is 5.75 Å². The van der Waals surface area contributed by atoms with Crippen LogP contribution < -0.4 is 15.8 Å². The fourth-order valence-electron chi connectivity index (χ4n) is 2.50. The van der Waals surface area contributed by atoms with Crippen LogP contribution >= 0.6 is 12.4 Å². The summed E-state index contributed by atoms with van der Waals surface area (Å²) in [7, 11) is -2.33. The quantitative estimate of drug-likeness (QED) is 0.759. The number of halogens is 1. The van der Waals surface area contributed by atoms with Gasteiger partial charge in [0.15, 0.2) is 0 Å². The number of amides is 1. The number of hydrogen-bond donors (Lipinski definition) is 2. The number of carbonyl (C=O) groups is 1. The Morgan fingerprint density at radius 2 is 1.96 bits per heavy atom. The fraction of sp³-hybridized carbons (Fsp3) is 0.533. The summed E-state index contributed by atoms with van der Waals surface area (Å²) in [5.74, 6) is -0.0734. The molecule has 0 atom stereocenters. The highest BCUT2D eigenvalue weighted by atomic mass is 35.5. The maximum Gasteiger partial charge on any atom is 0.246 e. The Kier molecular flexibility index (Phi) is 5.95. The van der Waals surface area contributed by atoms with Crippen molar-refractivity contribution in [1.29, 1.82) is 0 Å². The van der Waals surface area contributed by atoms with Gasteiger partial charge in [0.25, 0.3) is 0 Å². The third-order valence-corrected chi connectivity index (χ3v) is 6.17. The van der Waals surface area contributed by atoms with Crippen LogP contribution in [0.25, 0.3) is 0 Å². The Balaban J connectivity index is 0.00000225. The molecule has 10 heteroatoms. The third-order valence-electron chi connectivity index (χ3n) is 4.25. The number of nitrogens with one attached hydrogen (secondary N) is 1. The first kappa shape index (κ1) is 19.9. The Hall–Kier alpha value is -1.39. The lowest BCUT2D eigenvalue weighted by Gasteiger charge is -2.27. The predicted molar refractivity (Wildman–Crippen MR) is 94.6 cm³/mol. The number of carbonyl (C=O) groups excluding carboxylic acids is 1. The van der Waals surface area contributed by atoms with E-state index in [0.29, 0.717) is 31.7 Å². The Morgan fingerprint density at radius 3 is 2.52 bits per heavy atom. The van der Waals surface area contributed by atoms with E-state index in [9.17, 15) is 13.2 Å². The van der Waals surface area contributed by atoms with E-state index in [4.69, 9.17) is 15.2 Å². The summed E-state index contributed by atoms with van der Waals surface area (Å²) in [6, 6.07) is 4.53. The van der Waals surface area contributed by atoms with E-state index in [1.165, 1.54) is 23.5 Å². The van der Waals surface area contributed by atoms with Gasteiger partial charge in [-0.1, -0.05) is 0 Å². The molecule has 2 fully saturated rings. The molecule has 1 amide bonds. The van der Waals surface area contributed by atoms with Gasteiger partial charge in [0.1, 0.15) is 10.6 Å². The number of anilines is 1. The molecule has 0 bridgehead atoms. The number of morpholine rings is 1. The molecule has 1 heterocycles. The topological polar surface area (TPSA) is 111 Å². The van der Waals surface area contributed by atoms with E-state index in [1.54, 1.807) is 6.07 Å². The lowest BCUT2D eigenvalue weighted by Crippen LogP contribution is -2.40. The van der Waals surface area contributed by atoms with E-state index < -0.39 is 15.6 Å². The van der Waals surface area contributed by atoms with E-state index in [1.807, 2.05) is 0 Å². The fourth-order valence-corrected chi connectivity index (χ4v) is 4.09. The molecule has 25 heavy (non-hydrogen) atoms. The van der Waals surface area contributed by atoms with Crippen molar-refractivity contribution in [2.75, 3.05) is 38.7 Å². The summed E-state index contributed by atoms with van der Waals surface area (Å²) in [4.78, 5) is 12.1. The third kappa shape index (κ3) is 4.06. The average Bonchev–Trinajstić information content (AvgIpc) is 3.34. The van der Waals surface area contributed by atoms with Gasteiger partial charge in [-0.2, -0.15) is 4.31 Å². The van der Waals surface area contributed by atoms with Gasteiger partial charge in [0.05, 0.1) is 25.9 Å². The molecule has 0 aromatic heterocycles. The summed E-state index contributed by atoms with van der Waals surface area (Å²) in [5, 5.41) is 2.68. The van der Waals surface area contributed by atoms with Gasteiger partial charge < -0.3 is 20.5 Å². The molecule has 3 N–H and O–H groups in total. The van der Waals surface area contributed by atoms with Crippen molar-refractivity contribution >= 4 is 34.0 Å². The zero-order valence-electron chi connectivity index (χ0n) is 13.9. The normalized spacial score (nSPS) is 19.6. The molecule has 1 aliphatic carbocycles. The molecule has 1 aromatic carbocycles. The Morgan fingerprint density at radius 1 is 1.32 bits per heavy atom. The van der Waals surface area contributed by atoms with E-state index in [2.05, 4.69) is 5.32 Å². The van der Waals surface area contributed by atoms with Crippen molar-refractivity contribution in [3.05, 3.63) is 18.2 Å². The summed E-state index contributed by atoms with van der Waals surface area (Å²) >= 11 is 0. The molecule has 1 saturated carbocycles. The number of hydrogen-bond acceptors (Lipinski definition) is 6. The molecule has 0 unspecified atom stereocenters. The van der Waals surface area contributed by atoms with Crippen LogP contribution in [-0.4, -0.2) is 57.6 Å². The first-order valence-corrected chi connectivity index (χ1v) is 9.17. The molecular formula is C15H22ClN3O5S. The number of ether oxygens (including phenoxy) is 2. The van der Waals surface area contributed by atoms with E-state index >= 15 is 0 Å². The summed E-state index contributed by atoms with van der Waals surface area (Å²) in [6.45, 7) is 1.28. The zero-order chi connectivity index (χ0) is 17.4. The highest BCUT2D eigenvalue weighted by Gasteiger charge is 2.46. The number of benzene rings is 1. The Bertz CT molecular complexity index is 746. The van der Waals surface area contributed by atoms with Crippen LogP contribution in [-0.2, 0) is 19.6 Å². The molecule has 140 valence electrons. The van der Waals surface area contributed by atoms with Gasteiger partial charge in [0.2, 0.25) is 15.9 Å². The van der Waals surface area contributed by atoms with Crippen molar-refractivity contribution in [3.63, 3.8) is 0 Å². The van der Waals surface area contributed by atoms with Gasteiger partial charge in [0, 0.05) is 18.8 Å². The van der Waals surface area contributed by atoms with Gasteiger partial charge in [-0.3, -0.25) is 4.79 Å². The minimum absolute atomic E-state index is 0. The first-order chi connectivity index (χ1) is 11.4. The number of nitrogens with two attached hydrogens (primary N) is 1. The smallest absolute Gasteiger partial charge is 0.246 e. The second kappa shape index (κ2) is 7.46. The summed E-state index contributed by atoms with van der Waals surface area (Å²) in [6.07, 6.45) is 1.27. The molecular weight excluding hydrogens is 370 g/mol. The maximum atomic E-state index is 12.9.